The highest BCUT2D eigenvalue weighted by atomic mass is 32.2. The van der Waals surface area contributed by atoms with E-state index in [1.54, 1.807) is 6.92 Å². The maximum Gasteiger partial charge on any atom is 0.328 e. The summed E-state index contributed by atoms with van der Waals surface area (Å²) in [4.78, 5) is 23.7. The Bertz CT molecular complexity index is 801. The van der Waals surface area contributed by atoms with E-state index < -0.39 is 27.9 Å². The molecule has 0 bridgehead atoms. The molecule has 0 aliphatic heterocycles. The molecule has 1 fully saturated rings. The number of carbonyl (C=O) groups is 2. The molecule has 1 saturated carbocycles. The zero-order chi connectivity index (χ0) is 19.3. The Kier molecular flexibility index (Phi) is 6.52. The van der Waals surface area contributed by atoms with E-state index in [9.17, 15) is 23.1 Å². The normalized spacial score (nSPS) is 15.3. The molecule has 0 saturated heterocycles. The van der Waals surface area contributed by atoms with Crippen molar-refractivity contribution in [2.24, 2.45) is 0 Å². The first kappa shape index (κ1) is 20.1. The van der Waals surface area contributed by atoms with Gasteiger partial charge < -0.3 is 15.2 Å². The number of carboxylic acid groups (broad SMARTS) is 1. The Hall–Kier alpha value is -2.23. The van der Waals surface area contributed by atoms with Crippen LogP contribution in [0.25, 0.3) is 0 Å². The number of hydrogen-bond donors (Lipinski definition) is 3. The second kappa shape index (κ2) is 8.43. The number of ether oxygens (including phenoxy) is 1. The van der Waals surface area contributed by atoms with Gasteiger partial charge in [0.2, 0.25) is 10.0 Å². The van der Waals surface area contributed by atoms with Crippen LogP contribution in [0.1, 0.15) is 28.8 Å². The van der Waals surface area contributed by atoms with E-state index in [2.05, 4.69) is 16.6 Å². The molecular weight excluding hydrogens is 360 g/mol. The molecule has 1 aliphatic rings. The first-order valence-corrected chi connectivity index (χ1v) is 9.58. The van der Waals surface area contributed by atoms with Gasteiger partial charge >= 0.3 is 5.97 Å². The predicted molar refractivity (Wildman–Crippen MR) is 94.4 cm³/mol. The van der Waals surface area contributed by atoms with Crippen molar-refractivity contribution in [1.29, 1.82) is 0 Å². The van der Waals surface area contributed by atoms with Crippen molar-refractivity contribution in [2.45, 2.75) is 36.7 Å². The van der Waals surface area contributed by atoms with Crippen molar-refractivity contribution in [3.63, 3.8) is 0 Å². The van der Waals surface area contributed by atoms with E-state index in [4.69, 9.17) is 4.74 Å². The number of carboxylic acids is 1. The summed E-state index contributed by atoms with van der Waals surface area (Å²) < 4.78 is 32.2. The zero-order valence-electron chi connectivity index (χ0n) is 14.4. The number of hydrogen-bond acceptors (Lipinski definition) is 5. The van der Waals surface area contributed by atoms with E-state index in [1.165, 1.54) is 24.3 Å². The number of carbonyl (C=O) groups excluding carboxylic acids is 1. The van der Waals surface area contributed by atoms with Crippen LogP contribution < -0.4 is 10.0 Å². The van der Waals surface area contributed by atoms with Gasteiger partial charge in [0.1, 0.15) is 0 Å². The van der Waals surface area contributed by atoms with Crippen molar-refractivity contribution in [2.75, 3.05) is 13.2 Å². The topological polar surface area (TPSA) is 122 Å². The van der Waals surface area contributed by atoms with Gasteiger partial charge in [-0.2, -0.15) is 0 Å². The summed E-state index contributed by atoms with van der Waals surface area (Å²) in [5.41, 5.74) is 0.627. The zero-order valence-corrected chi connectivity index (χ0v) is 15.2. The molecule has 1 aromatic carbocycles. The van der Waals surface area contributed by atoms with Crippen LogP contribution in [0.5, 0.6) is 0 Å². The van der Waals surface area contributed by atoms with Crippen LogP contribution >= 0.6 is 0 Å². The summed E-state index contributed by atoms with van der Waals surface area (Å²) in [5, 5.41) is 11.6. The smallest absolute Gasteiger partial charge is 0.328 e. The van der Waals surface area contributed by atoms with Crippen molar-refractivity contribution >= 4 is 21.9 Å². The average Bonchev–Trinajstić information content (AvgIpc) is 3.37. The van der Waals surface area contributed by atoms with Gasteiger partial charge in [-0.1, -0.05) is 12.1 Å². The standard InChI is InChI=1S/C17H22N2O6S/c1-3-8-25-10-15(17(21)22)18-16(20)14-9-13(7-4-11(14)2)26(23,24)19-12-5-6-12/h3-4,7,9,12,15,19H,1,5-6,8,10H2,2H3,(H,18,20)(H,21,22). The van der Waals surface area contributed by atoms with Crippen LogP contribution in [-0.2, 0) is 19.6 Å². The van der Waals surface area contributed by atoms with E-state index in [0.29, 0.717) is 5.56 Å². The number of nitrogens with one attached hydrogen (secondary N) is 2. The molecule has 9 heteroatoms. The van der Waals surface area contributed by atoms with Crippen LogP contribution in [0.2, 0.25) is 0 Å². The second-order valence-corrected chi connectivity index (χ2v) is 7.78. The molecule has 142 valence electrons. The second-order valence-electron chi connectivity index (χ2n) is 6.06. The Morgan fingerprint density at radius 3 is 2.69 bits per heavy atom. The first-order chi connectivity index (χ1) is 12.2. The lowest BCUT2D eigenvalue weighted by atomic mass is 10.1. The molecule has 0 spiro atoms. The molecule has 1 aliphatic carbocycles. The molecule has 0 aromatic heterocycles. The molecule has 2 rings (SSSR count). The molecule has 1 aromatic rings. The summed E-state index contributed by atoms with van der Waals surface area (Å²) in [7, 11) is -3.71. The fraction of sp³-hybridized carbons (Fsp3) is 0.412. The molecule has 0 radical (unpaired) electrons. The van der Waals surface area contributed by atoms with Crippen LogP contribution in [0.4, 0.5) is 0 Å². The molecule has 8 nitrogen and oxygen atoms in total. The number of aryl methyl sites for hydroxylation is 1. The number of rotatable bonds is 10. The molecule has 0 heterocycles. The lowest BCUT2D eigenvalue weighted by Crippen LogP contribution is -2.44. The van der Waals surface area contributed by atoms with E-state index in [-0.39, 0.29) is 29.7 Å². The van der Waals surface area contributed by atoms with Crippen LogP contribution in [0, 0.1) is 6.92 Å². The Labute approximate surface area is 152 Å². The summed E-state index contributed by atoms with van der Waals surface area (Å²) in [5.74, 6) is -1.93. The highest BCUT2D eigenvalue weighted by Gasteiger charge is 2.29. The van der Waals surface area contributed by atoms with Gasteiger partial charge in [-0.25, -0.2) is 17.9 Å². The van der Waals surface area contributed by atoms with Crippen molar-refractivity contribution in [1.82, 2.24) is 10.0 Å². The Morgan fingerprint density at radius 2 is 2.12 bits per heavy atom. The highest BCUT2D eigenvalue weighted by Crippen LogP contribution is 2.23. The number of aliphatic carboxylic acids is 1. The largest absolute Gasteiger partial charge is 0.480 e. The SMILES string of the molecule is C=CCOCC(NC(=O)c1cc(S(=O)(=O)NC2CC2)ccc1C)C(=O)O. The Morgan fingerprint density at radius 1 is 1.42 bits per heavy atom. The summed E-state index contributed by atoms with van der Waals surface area (Å²) in [6, 6.07) is 2.86. The fourth-order valence-electron chi connectivity index (χ4n) is 2.18. The van der Waals surface area contributed by atoms with Crippen molar-refractivity contribution in [3.8, 4) is 0 Å². The lowest BCUT2D eigenvalue weighted by Gasteiger charge is -2.16. The van der Waals surface area contributed by atoms with Crippen molar-refractivity contribution in [3.05, 3.63) is 42.0 Å². The maximum atomic E-state index is 12.5. The minimum absolute atomic E-state index is 0.0325. The van der Waals surface area contributed by atoms with Crippen molar-refractivity contribution < 1.29 is 27.9 Å². The average molecular weight is 382 g/mol. The van der Waals surface area contributed by atoms with Gasteiger partial charge in [-0.3, -0.25) is 4.79 Å². The van der Waals surface area contributed by atoms with Crippen LogP contribution in [-0.4, -0.2) is 50.7 Å². The van der Waals surface area contributed by atoms with Crippen LogP contribution in [0.3, 0.4) is 0 Å². The molecule has 1 unspecified atom stereocenters. The Balaban J connectivity index is 2.17. The fourth-order valence-corrected chi connectivity index (χ4v) is 3.51. The molecule has 3 N–H and O–H groups in total. The predicted octanol–water partition coefficient (Wildman–Crippen LogP) is 0.821. The van der Waals surface area contributed by atoms with Crippen LogP contribution in [0.15, 0.2) is 35.7 Å². The minimum atomic E-state index is -3.71. The number of benzene rings is 1. The molecule has 1 amide bonds. The van der Waals surface area contributed by atoms with Gasteiger partial charge in [-0.15, -0.1) is 6.58 Å². The van der Waals surface area contributed by atoms with Gasteiger partial charge in [0, 0.05) is 11.6 Å². The maximum absolute atomic E-state index is 12.5. The van der Waals surface area contributed by atoms with Gasteiger partial charge in [0.05, 0.1) is 18.1 Å². The third kappa shape index (κ3) is 5.38. The monoisotopic (exact) mass is 382 g/mol. The highest BCUT2D eigenvalue weighted by molar-refractivity contribution is 7.89. The molecular formula is C17H22N2O6S. The first-order valence-electron chi connectivity index (χ1n) is 8.10. The minimum Gasteiger partial charge on any atom is -0.480 e. The third-order valence-electron chi connectivity index (χ3n) is 3.79. The lowest BCUT2D eigenvalue weighted by molar-refractivity contribution is -0.140. The molecule has 26 heavy (non-hydrogen) atoms. The number of sulfonamides is 1. The molecule has 1 atom stereocenters. The summed E-state index contributed by atoms with van der Waals surface area (Å²) >= 11 is 0. The van der Waals surface area contributed by atoms with E-state index in [0.717, 1.165) is 12.8 Å². The van der Waals surface area contributed by atoms with Gasteiger partial charge in [0.25, 0.3) is 5.91 Å². The van der Waals surface area contributed by atoms with E-state index >= 15 is 0 Å². The summed E-state index contributed by atoms with van der Waals surface area (Å²) in [6.07, 6.45) is 3.05. The van der Waals surface area contributed by atoms with Gasteiger partial charge in [0.15, 0.2) is 6.04 Å². The van der Waals surface area contributed by atoms with Gasteiger partial charge in [-0.05, 0) is 37.5 Å². The van der Waals surface area contributed by atoms with E-state index in [1.807, 2.05) is 0 Å². The third-order valence-corrected chi connectivity index (χ3v) is 5.30. The summed E-state index contributed by atoms with van der Waals surface area (Å²) in [6.45, 7) is 5.02. The quantitative estimate of drug-likeness (QED) is 0.407. The number of amides is 1.